The van der Waals surface area contributed by atoms with E-state index in [0.717, 1.165) is 36.3 Å². The molecule has 1 aliphatic carbocycles. The molecule has 2 N–H and O–H groups in total. The maximum atomic E-state index is 11.1. The summed E-state index contributed by atoms with van der Waals surface area (Å²) in [5, 5.41) is 15.4. The fourth-order valence-electron chi connectivity index (χ4n) is 4.01. The molecule has 3 atom stereocenters. The summed E-state index contributed by atoms with van der Waals surface area (Å²) in [6, 6.07) is 13.4. The average molecular weight is 360 g/mol. The van der Waals surface area contributed by atoms with Crippen molar-refractivity contribution in [3.63, 3.8) is 0 Å². The van der Waals surface area contributed by atoms with Crippen molar-refractivity contribution in [2.75, 3.05) is 12.4 Å². The molecule has 1 heterocycles. The predicted octanol–water partition coefficient (Wildman–Crippen LogP) is 4.77. The Hall–Kier alpha value is -1.91. The first-order valence-electron chi connectivity index (χ1n) is 8.70. The highest BCUT2D eigenvalue weighted by Crippen LogP contribution is 2.50. The van der Waals surface area contributed by atoms with E-state index in [4.69, 9.17) is 21.1 Å². The van der Waals surface area contributed by atoms with E-state index in [1.165, 1.54) is 0 Å². The minimum absolute atomic E-state index is 0.0191. The highest BCUT2D eigenvalue weighted by atomic mass is 35.5. The first kappa shape index (κ1) is 16.6. The average Bonchev–Trinajstić information content (AvgIpc) is 2.62. The molecule has 4 rings (SSSR count). The van der Waals surface area contributed by atoms with Gasteiger partial charge in [-0.05, 0) is 55.3 Å². The molecule has 0 saturated heterocycles. The molecule has 1 saturated carbocycles. The van der Waals surface area contributed by atoms with Gasteiger partial charge in [-0.15, -0.1) is 0 Å². The van der Waals surface area contributed by atoms with Gasteiger partial charge in [0, 0.05) is 28.6 Å². The van der Waals surface area contributed by atoms with Crippen LogP contribution in [0.4, 0.5) is 5.69 Å². The molecule has 2 aromatic rings. The van der Waals surface area contributed by atoms with Gasteiger partial charge < -0.3 is 19.9 Å². The largest absolute Gasteiger partial charge is 0.497 e. The summed E-state index contributed by atoms with van der Waals surface area (Å²) in [5.41, 5.74) is 1.98. The standard InChI is InChI=1S/C20H22ClNO3/c1-24-15-8-6-14(7-9-15)22-19-16-12-13(21)5-10-18(16)25-20(23)11-3-2-4-17(19)20/h5-10,12,17,19,22-23H,2-4,11H2,1H3/t17-,19-,20-/m1/s1. The number of hydrogen-bond acceptors (Lipinski definition) is 4. The van der Waals surface area contributed by atoms with Crippen LogP contribution in [0.1, 0.15) is 37.3 Å². The van der Waals surface area contributed by atoms with Gasteiger partial charge in [-0.3, -0.25) is 0 Å². The molecule has 0 bridgehead atoms. The van der Waals surface area contributed by atoms with Gasteiger partial charge in [0.05, 0.1) is 13.2 Å². The summed E-state index contributed by atoms with van der Waals surface area (Å²) >= 11 is 6.23. The SMILES string of the molecule is COc1ccc(N[C@@H]2c3cc(Cl)ccc3O[C@]3(O)CCCC[C@H]23)cc1. The van der Waals surface area contributed by atoms with Crippen molar-refractivity contribution >= 4 is 17.3 Å². The van der Waals surface area contributed by atoms with Gasteiger partial charge in [-0.1, -0.05) is 18.0 Å². The third kappa shape index (κ3) is 3.05. The zero-order valence-electron chi connectivity index (χ0n) is 14.2. The van der Waals surface area contributed by atoms with Crippen molar-refractivity contribution in [3.8, 4) is 11.5 Å². The molecule has 5 heteroatoms. The lowest BCUT2D eigenvalue weighted by Crippen LogP contribution is -2.52. The summed E-state index contributed by atoms with van der Waals surface area (Å²) in [6.07, 6.45) is 3.63. The van der Waals surface area contributed by atoms with Crippen LogP contribution in [0.3, 0.4) is 0 Å². The summed E-state index contributed by atoms with van der Waals surface area (Å²) in [5.74, 6) is 0.379. The van der Waals surface area contributed by atoms with Crippen LogP contribution in [0, 0.1) is 5.92 Å². The third-order valence-electron chi connectivity index (χ3n) is 5.29. The first-order valence-corrected chi connectivity index (χ1v) is 9.08. The van der Waals surface area contributed by atoms with Gasteiger partial charge in [-0.2, -0.15) is 0 Å². The number of methoxy groups -OCH3 is 1. The molecule has 0 spiro atoms. The number of anilines is 1. The Bertz CT molecular complexity index is 764. The molecule has 1 fully saturated rings. The minimum Gasteiger partial charge on any atom is -0.497 e. The van der Waals surface area contributed by atoms with E-state index < -0.39 is 5.79 Å². The van der Waals surface area contributed by atoms with E-state index in [1.54, 1.807) is 13.2 Å². The second-order valence-corrected chi connectivity index (χ2v) is 7.27. The van der Waals surface area contributed by atoms with E-state index in [-0.39, 0.29) is 12.0 Å². The lowest BCUT2D eigenvalue weighted by atomic mass is 9.74. The molecule has 0 radical (unpaired) electrons. The number of ether oxygens (including phenoxy) is 2. The topological polar surface area (TPSA) is 50.7 Å². The van der Waals surface area contributed by atoms with Gasteiger partial charge in [0.25, 0.3) is 0 Å². The maximum absolute atomic E-state index is 11.1. The fraction of sp³-hybridized carbons (Fsp3) is 0.400. The van der Waals surface area contributed by atoms with E-state index in [2.05, 4.69) is 5.32 Å². The van der Waals surface area contributed by atoms with Crippen molar-refractivity contribution < 1.29 is 14.6 Å². The summed E-state index contributed by atoms with van der Waals surface area (Å²) in [4.78, 5) is 0. The normalized spacial score (nSPS) is 27.6. The van der Waals surface area contributed by atoms with Gasteiger partial charge in [0.2, 0.25) is 5.79 Å². The van der Waals surface area contributed by atoms with Crippen molar-refractivity contribution in [1.82, 2.24) is 0 Å². The van der Waals surface area contributed by atoms with Crippen LogP contribution in [0.25, 0.3) is 0 Å². The number of benzene rings is 2. The fourth-order valence-corrected chi connectivity index (χ4v) is 4.20. The van der Waals surface area contributed by atoms with Crippen LogP contribution in [-0.4, -0.2) is 18.0 Å². The molecule has 1 aliphatic heterocycles. The number of fused-ring (bicyclic) bond motifs is 2. The Labute approximate surface area is 152 Å². The van der Waals surface area contributed by atoms with Crippen LogP contribution in [-0.2, 0) is 0 Å². The predicted molar refractivity (Wildman–Crippen MR) is 98.3 cm³/mol. The lowest BCUT2D eigenvalue weighted by molar-refractivity contribution is -0.209. The maximum Gasteiger partial charge on any atom is 0.213 e. The summed E-state index contributed by atoms with van der Waals surface area (Å²) in [7, 11) is 1.65. The monoisotopic (exact) mass is 359 g/mol. The van der Waals surface area contributed by atoms with E-state index in [1.807, 2.05) is 36.4 Å². The molecule has 132 valence electrons. The molecule has 25 heavy (non-hydrogen) atoms. The van der Waals surface area contributed by atoms with E-state index >= 15 is 0 Å². The van der Waals surface area contributed by atoms with E-state index in [0.29, 0.717) is 17.2 Å². The Kier molecular flexibility index (Phi) is 4.26. The molecular formula is C20H22ClNO3. The quantitative estimate of drug-likeness (QED) is 0.828. The van der Waals surface area contributed by atoms with Gasteiger partial charge >= 0.3 is 0 Å². The second kappa shape index (κ2) is 6.43. The van der Waals surface area contributed by atoms with Crippen molar-refractivity contribution in [2.45, 2.75) is 37.5 Å². The minimum atomic E-state index is -1.12. The lowest BCUT2D eigenvalue weighted by Gasteiger charge is -2.48. The van der Waals surface area contributed by atoms with Crippen LogP contribution in [0.5, 0.6) is 11.5 Å². The van der Waals surface area contributed by atoms with Crippen LogP contribution in [0.15, 0.2) is 42.5 Å². The molecule has 0 aromatic heterocycles. The second-order valence-electron chi connectivity index (χ2n) is 6.83. The molecule has 2 aliphatic rings. The highest BCUT2D eigenvalue weighted by molar-refractivity contribution is 6.30. The molecule has 0 unspecified atom stereocenters. The van der Waals surface area contributed by atoms with Gasteiger partial charge in [0.1, 0.15) is 11.5 Å². The number of halogens is 1. The van der Waals surface area contributed by atoms with Crippen molar-refractivity contribution in [1.29, 1.82) is 0 Å². The number of nitrogens with one attached hydrogen (secondary N) is 1. The smallest absolute Gasteiger partial charge is 0.213 e. The summed E-state index contributed by atoms with van der Waals surface area (Å²) < 4.78 is 11.2. The third-order valence-corrected chi connectivity index (χ3v) is 5.52. The first-order chi connectivity index (χ1) is 12.1. The van der Waals surface area contributed by atoms with Gasteiger partial charge in [-0.25, -0.2) is 0 Å². The van der Waals surface area contributed by atoms with Crippen LogP contribution in [0.2, 0.25) is 5.02 Å². The molecule has 2 aromatic carbocycles. The Balaban J connectivity index is 1.72. The number of rotatable bonds is 3. The molecular weight excluding hydrogens is 338 g/mol. The van der Waals surface area contributed by atoms with E-state index in [9.17, 15) is 5.11 Å². The van der Waals surface area contributed by atoms with Crippen LogP contribution < -0.4 is 14.8 Å². The zero-order valence-corrected chi connectivity index (χ0v) is 14.9. The Morgan fingerprint density at radius 1 is 1.20 bits per heavy atom. The van der Waals surface area contributed by atoms with Crippen LogP contribution >= 0.6 is 11.6 Å². The molecule has 0 amide bonds. The van der Waals surface area contributed by atoms with Gasteiger partial charge in [0.15, 0.2) is 0 Å². The van der Waals surface area contributed by atoms with Crippen molar-refractivity contribution in [2.24, 2.45) is 5.92 Å². The summed E-state index contributed by atoms with van der Waals surface area (Å²) in [6.45, 7) is 0. The highest BCUT2D eigenvalue weighted by Gasteiger charge is 2.50. The zero-order chi connectivity index (χ0) is 17.4. The number of aliphatic hydroxyl groups is 1. The Morgan fingerprint density at radius 3 is 2.76 bits per heavy atom. The number of hydrogen-bond donors (Lipinski definition) is 2. The van der Waals surface area contributed by atoms with Crippen molar-refractivity contribution in [3.05, 3.63) is 53.1 Å². The molecule has 4 nitrogen and oxygen atoms in total. The Morgan fingerprint density at radius 2 is 2.00 bits per heavy atom.